The van der Waals surface area contributed by atoms with Gasteiger partial charge in [-0.25, -0.2) is 0 Å². The number of carbonyl (C=O) groups excluding carboxylic acids is 1. The zero-order chi connectivity index (χ0) is 38.1. The van der Waals surface area contributed by atoms with Crippen molar-refractivity contribution < 1.29 is 23.7 Å². The van der Waals surface area contributed by atoms with Crippen LogP contribution in [0.2, 0.25) is 0 Å². The van der Waals surface area contributed by atoms with Gasteiger partial charge >= 0.3 is 5.97 Å². The highest BCUT2D eigenvalue weighted by molar-refractivity contribution is 5.72. The summed E-state index contributed by atoms with van der Waals surface area (Å²) in [5.74, 6) is -0.206. The van der Waals surface area contributed by atoms with Gasteiger partial charge in [-0.1, -0.05) is 22.3 Å². The van der Waals surface area contributed by atoms with Gasteiger partial charge in [0.05, 0.1) is 30.1 Å². The minimum Gasteiger partial charge on any atom is -0.459 e. The molecule has 0 aromatic heterocycles. The Labute approximate surface area is 310 Å². The molecule has 0 spiro atoms. The van der Waals surface area contributed by atoms with Gasteiger partial charge in [-0.3, -0.25) is 20.7 Å². The van der Waals surface area contributed by atoms with Gasteiger partial charge in [0.1, 0.15) is 12.4 Å². The summed E-state index contributed by atoms with van der Waals surface area (Å²) in [6.45, 7) is 51.3. The lowest BCUT2D eigenvalue weighted by Gasteiger charge is -2.26. The topological polar surface area (TPSA) is 102 Å². The van der Waals surface area contributed by atoms with E-state index in [-0.39, 0.29) is 73.8 Å². The van der Waals surface area contributed by atoms with Crippen LogP contribution in [0.1, 0.15) is 188 Å². The average molecular weight is 713 g/mol. The lowest BCUT2D eigenvalue weighted by Crippen LogP contribution is -2.48. The Morgan fingerprint density at radius 2 is 0.694 bits per heavy atom. The van der Waals surface area contributed by atoms with Gasteiger partial charge < -0.3 is 24.3 Å². The highest BCUT2D eigenvalue weighted by Crippen LogP contribution is 2.11. The van der Waals surface area contributed by atoms with E-state index >= 15 is 0 Å². The van der Waals surface area contributed by atoms with Crippen molar-refractivity contribution in [2.75, 3.05) is 26.7 Å². The molecule has 0 radical (unpaired) electrons. The van der Waals surface area contributed by atoms with Gasteiger partial charge in [-0.05, 0) is 166 Å². The molecule has 0 unspecified atom stereocenters. The summed E-state index contributed by atoms with van der Waals surface area (Å²) >= 11 is 0. The molecule has 9 nitrogen and oxygen atoms in total. The first-order valence-corrected chi connectivity index (χ1v) is 16.9. The van der Waals surface area contributed by atoms with E-state index in [0.29, 0.717) is 13.5 Å². The number of carbonyl (C=O) groups is 1. The van der Waals surface area contributed by atoms with E-state index in [1.807, 2.05) is 83.1 Å². The number of hydrogen-bond acceptors (Lipinski definition) is 9. The number of nitrogens with one attached hydrogen (secondary N) is 4. The van der Waals surface area contributed by atoms with Crippen molar-refractivity contribution in [1.29, 1.82) is 0 Å². The predicted octanol–water partition coefficient (Wildman–Crippen LogP) is 10.1. The van der Waals surface area contributed by atoms with E-state index in [1.54, 1.807) is 0 Å². The zero-order valence-corrected chi connectivity index (χ0v) is 35.4. The molecule has 0 amide bonds. The molecule has 0 bridgehead atoms. The third kappa shape index (κ3) is 82.4. The van der Waals surface area contributed by atoms with Crippen LogP contribution >= 0.6 is 0 Å². The number of ether oxygens (including phenoxy) is 4. The van der Waals surface area contributed by atoms with Crippen LogP contribution in [0.25, 0.3) is 0 Å². The van der Waals surface area contributed by atoms with Gasteiger partial charge in [0, 0.05) is 28.8 Å². The molecule has 0 aliphatic carbocycles. The highest BCUT2D eigenvalue weighted by atomic mass is 16.7. The van der Waals surface area contributed by atoms with Crippen molar-refractivity contribution in [1.82, 2.24) is 21.3 Å². The molecule has 0 saturated carbocycles. The van der Waals surface area contributed by atoms with Crippen LogP contribution < -0.4 is 21.3 Å². The summed E-state index contributed by atoms with van der Waals surface area (Å²) < 4.78 is 21.4. The maximum absolute atomic E-state index is 11.2. The molecule has 0 aromatic rings. The summed E-state index contributed by atoms with van der Waals surface area (Å²) in [4.78, 5) is 11.2. The molecule has 9 heteroatoms. The predicted molar refractivity (Wildman–Crippen MR) is 220 cm³/mol. The van der Waals surface area contributed by atoms with Crippen molar-refractivity contribution in [3.63, 3.8) is 0 Å². The van der Waals surface area contributed by atoms with E-state index in [4.69, 9.17) is 18.9 Å². The Morgan fingerprint density at radius 3 is 0.918 bits per heavy atom. The molecule has 0 fully saturated rings. The first-order chi connectivity index (χ1) is 19.7. The lowest BCUT2D eigenvalue weighted by molar-refractivity contribution is -0.163. The molecule has 0 heterocycles. The standard InChI is InChI=1S/C10H21NO2.C9H22N2.C9H21NO.C9H20O2.3CH4/c1-9(2,3)11-7-8(12)13-10(4,5)6;3*1-8(2,3)10-7-11-9(4,5)6;;;/h11H,7H2,1-6H3;10-11H,7H2,1-6H3;10H,7H2,1-6H3;7H2,1-6H3;3*1H4. The van der Waals surface area contributed by atoms with E-state index in [2.05, 4.69) is 104 Å². The van der Waals surface area contributed by atoms with Crippen LogP contribution in [0, 0.1) is 0 Å². The average Bonchev–Trinajstić information content (AvgIpc) is 2.66. The second-order valence-electron chi connectivity index (χ2n) is 19.7. The van der Waals surface area contributed by atoms with Crippen LogP contribution in [0.4, 0.5) is 0 Å². The van der Waals surface area contributed by atoms with Crippen LogP contribution in [0.5, 0.6) is 0 Å². The fraction of sp³-hybridized carbons (Fsp3) is 0.975. The Kier molecular flexibility index (Phi) is 33.6. The maximum atomic E-state index is 11.2. The van der Waals surface area contributed by atoms with Gasteiger partial charge in [0.2, 0.25) is 0 Å². The van der Waals surface area contributed by atoms with Crippen molar-refractivity contribution in [3.8, 4) is 0 Å². The quantitative estimate of drug-likeness (QED) is 0.145. The van der Waals surface area contributed by atoms with E-state index in [1.165, 1.54) is 0 Å². The van der Waals surface area contributed by atoms with Crippen LogP contribution in [-0.4, -0.2) is 77.3 Å². The zero-order valence-electron chi connectivity index (χ0n) is 35.4. The Bertz CT molecular complexity index is 647. The molecule has 0 aromatic carbocycles. The van der Waals surface area contributed by atoms with E-state index in [0.717, 1.165) is 6.67 Å². The summed E-state index contributed by atoms with van der Waals surface area (Å²) in [6.07, 6.45) is 0. The van der Waals surface area contributed by atoms with Crippen molar-refractivity contribution >= 4 is 5.97 Å². The molecule has 306 valence electrons. The fourth-order valence-electron chi connectivity index (χ4n) is 2.14. The van der Waals surface area contributed by atoms with E-state index < -0.39 is 5.60 Å². The summed E-state index contributed by atoms with van der Waals surface area (Å²) in [5.41, 5.74) is -0.135. The molecule has 0 rings (SSSR count). The molecular formula is C40H96N4O5. The smallest absolute Gasteiger partial charge is 0.320 e. The molecule has 0 atom stereocenters. The monoisotopic (exact) mass is 713 g/mol. The minimum atomic E-state index is -0.392. The van der Waals surface area contributed by atoms with Crippen molar-refractivity contribution in [2.24, 2.45) is 0 Å². The summed E-state index contributed by atoms with van der Waals surface area (Å²) in [5, 5.41) is 13.1. The van der Waals surface area contributed by atoms with Gasteiger partial charge in [0.25, 0.3) is 0 Å². The van der Waals surface area contributed by atoms with Crippen LogP contribution in [0.15, 0.2) is 0 Å². The molecular weight excluding hydrogens is 616 g/mol. The summed E-state index contributed by atoms with van der Waals surface area (Å²) in [6, 6.07) is 0. The van der Waals surface area contributed by atoms with Gasteiger partial charge in [0.15, 0.2) is 0 Å². The maximum Gasteiger partial charge on any atom is 0.320 e. The number of hydrogen-bond donors (Lipinski definition) is 4. The van der Waals surface area contributed by atoms with E-state index in [9.17, 15) is 4.79 Å². The summed E-state index contributed by atoms with van der Waals surface area (Å²) in [7, 11) is 0. The molecule has 4 N–H and O–H groups in total. The first kappa shape index (κ1) is 63.3. The first-order valence-electron chi connectivity index (χ1n) is 16.9. The lowest BCUT2D eigenvalue weighted by atomic mass is 10.1. The van der Waals surface area contributed by atoms with Gasteiger partial charge in [-0.15, -0.1) is 0 Å². The normalized spacial score (nSPS) is 12.6. The fourth-order valence-corrected chi connectivity index (χ4v) is 2.14. The SMILES string of the molecule is C.C.C.CC(C)(C)NCC(=O)OC(C)(C)C.CC(C)(C)NCNC(C)(C)C.CC(C)(C)NCOC(C)(C)C.CC(C)(C)OCOC(C)(C)C. The molecule has 0 saturated heterocycles. The second-order valence-corrected chi connectivity index (χ2v) is 19.7. The van der Waals surface area contributed by atoms with Crippen LogP contribution in [0.3, 0.4) is 0 Å². The molecule has 49 heavy (non-hydrogen) atoms. The van der Waals surface area contributed by atoms with Crippen molar-refractivity contribution in [3.05, 3.63) is 0 Å². The largest absolute Gasteiger partial charge is 0.459 e. The second kappa shape index (κ2) is 26.0. The number of rotatable bonds is 8. The van der Waals surface area contributed by atoms with Crippen LogP contribution in [-0.2, 0) is 23.7 Å². The Morgan fingerprint density at radius 1 is 0.408 bits per heavy atom. The highest BCUT2D eigenvalue weighted by Gasteiger charge is 2.18. The third-order valence-electron chi connectivity index (χ3n) is 4.51. The minimum absolute atomic E-state index is 0. The van der Waals surface area contributed by atoms with Gasteiger partial charge in [-0.2, -0.15) is 0 Å². The molecule has 0 aliphatic heterocycles. The Balaban J connectivity index is -0.0000000943. The third-order valence-corrected chi connectivity index (χ3v) is 4.51. The molecule has 0 aliphatic rings. The Hall–Kier alpha value is -0.810. The van der Waals surface area contributed by atoms with Crippen molar-refractivity contribution in [2.45, 2.75) is 233 Å². The number of esters is 1.